The van der Waals surface area contributed by atoms with E-state index in [1.54, 1.807) is 63.6 Å². The molecule has 0 aliphatic heterocycles. The maximum atomic E-state index is 13.3. The second kappa shape index (κ2) is 11.9. The highest BCUT2D eigenvalue weighted by Gasteiger charge is 2.31. The highest BCUT2D eigenvalue weighted by molar-refractivity contribution is 6.00. The molecular formula is C35H32N4O6. The lowest BCUT2D eigenvalue weighted by atomic mass is 9.98. The van der Waals surface area contributed by atoms with Crippen molar-refractivity contribution in [2.45, 2.75) is 44.8 Å². The molecule has 6 rings (SSSR count). The lowest BCUT2D eigenvalue weighted by molar-refractivity contribution is -0.139. The molecule has 1 amide bonds. The monoisotopic (exact) mass is 604 g/mol. The van der Waals surface area contributed by atoms with E-state index in [2.05, 4.69) is 15.3 Å². The molecule has 2 heterocycles. The van der Waals surface area contributed by atoms with Crippen molar-refractivity contribution in [3.63, 3.8) is 0 Å². The van der Waals surface area contributed by atoms with Gasteiger partial charge >= 0.3 is 18.2 Å². The molecule has 10 heteroatoms. The van der Waals surface area contributed by atoms with Crippen LogP contribution in [0.3, 0.4) is 0 Å². The van der Waals surface area contributed by atoms with Gasteiger partial charge in [0.1, 0.15) is 18.2 Å². The lowest BCUT2D eigenvalue weighted by Gasteiger charge is -2.20. The van der Waals surface area contributed by atoms with Crippen LogP contribution in [0.5, 0.6) is 0 Å². The molecule has 1 aliphatic rings. The summed E-state index contributed by atoms with van der Waals surface area (Å²) >= 11 is 0. The van der Waals surface area contributed by atoms with E-state index in [-0.39, 0.29) is 18.9 Å². The van der Waals surface area contributed by atoms with Gasteiger partial charge in [-0.1, -0.05) is 60.7 Å². The van der Waals surface area contributed by atoms with E-state index in [1.165, 1.54) is 4.57 Å². The van der Waals surface area contributed by atoms with E-state index in [1.807, 2.05) is 48.5 Å². The first-order valence-electron chi connectivity index (χ1n) is 14.6. The third-order valence-corrected chi connectivity index (χ3v) is 7.66. The number of ether oxygens (including phenoxy) is 2. The second-order valence-corrected chi connectivity index (χ2v) is 11.8. The SMILES string of the molecule is CC(C)(C)OC(=O)n1cc(C[C@@H](NC(=O)OCC2c3ccccc3-c3ccccc32)C(=O)O)c2cccc(-c3ncccn3)c21. The summed E-state index contributed by atoms with van der Waals surface area (Å²) in [5, 5.41) is 13.2. The number of carboxylic acid groups (broad SMARTS) is 1. The van der Waals surface area contributed by atoms with Gasteiger partial charge in [0.2, 0.25) is 0 Å². The molecule has 0 saturated carbocycles. The summed E-state index contributed by atoms with van der Waals surface area (Å²) in [4.78, 5) is 47.4. The molecular weight excluding hydrogens is 572 g/mol. The zero-order valence-electron chi connectivity index (χ0n) is 25.1. The van der Waals surface area contributed by atoms with E-state index < -0.39 is 29.8 Å². The molecule has 0 unspecified atom stereocenters. The van der Waals surface area contributed by atoms with E-state index in [0.717, 1.165) is 22.3 Å². The minimum Gasteiger partial charge on any atom is -0.480 e. The number of hydrogen-bond donors (Lipinski definition) is 2. The number of carbonyl (C=O) groups is 3. The molecule has 5 aromatic rings. The molecule has 1 atom stereocenters. The van der Waals surface area contributed by atoms with Crippen molar-refractivity contribution < 1.29 is 29.0 Å². The molecule has 0 saturated heterocycles. The second-order valence-electron chi connectivity index (χ2n) is 11.8. The quantitative estimate of drug-likeness (QED) is 0.218. The third-order valence-electron chi connectivity index (χ3n) is 7.66. The van der Waals surface area contributed by atoms with Crippen LogP contribution in [-0.2, 0) is 20.7 Å². The number of aliphatic carboxylic acids is 1. The van der Waals surface area contributed by atoms with Gasteiger partial charge in [0.15, 0.2) is 5.82 Å². The van der Waals surface area contributed by atoms with Crippen molar-refractivity contribution in [2.24, 2.45) is 0 Å². The van der Waals surface area contributed by atoms with Crippen molar-refractivity contribution in [3.8, 4) is 22.5 Å². The highest BCUT2D eigenvalue weighted by Crippen LogP contribution is 2.44. The number of benzene rings is 3. The average molecular weight is 605 g/mol. The first-order chi connectivity index (χ1) is 21.6. The van der Waals surface area contributed by atoms with E-state index in [9.17, 15) is 19.5 Å². The smallest absolute Gasteiger partial charge is 0.419 e. The summed E-state index contributed by atoms with van der Waals surface area (Å²) in [7, 11) is 0. The van der Waals surface area contributed by atoms with Gasteiger partial charge in [0.25, 0.3) is 0 Å². The van der Waals surface area contributed by atoms with Gasteiger partial charge in [-0.15, -0.1) is 0 Å². The number of nitrogens with one attached hydrogen (secondary N) is 1. The number of fused-ring (bicyclic) bond motifs is 4. The number of aromatic nitrogens is 3. The Balaban J connectivity index is 1.26. The first kappa shape index (κ1) is 29.6. The molecule has 228 valence electrons. The lowest BCUT2D eigenvalue weighted by Crippen LogP contribution is -2.42. The van der Waals surface area contributed by atoms with Gasteiger partial charge < -0.3 is 19.9 Å². The van der Waals surface area contributed by atoms with Gasteiger partial charge in [0, 0.05) is 41.9 Å². The number of amides is 1. The molecule has 2 aromatic heterocycles. The Morgan fingerprint density at radius 1 is 0.889 bits per heavy atom. The Kier molecular flexibility index (Phi) is 7.80. The topological polar surface area (TPSA) is 133 Å². The molecule has 2 N–H and O–H groups in total. The van der Waals surface area contributed by atoms with Crippen molar-refractivity contribution in [2.75, 3.05) is 6.61 Å². The van der Waals surface area contributed by atoms with E-state index >= 15 is 0 Å². The molecule has 45 heavy (non-hydrogen) atoms. The molecule has 0 spiro atoms. The zero-order valence-corrected chi connectivity index (χ0v) is 25.1. The van der Waals surface area contributed by atoms with Crippen molar-refractivity contribution >= 4 is 29.1 Å². The number of hydrogen-bond acceptors (Lipinski definition) is 7. The largest absolute Gasteiger partial charge is 0.480 e. The summed E-state index contributed by atoms with van der Waals surface area (Å²) in [5.41, 5.74) is 5.06. The van der Waals surface area contributed by atoms with Gasteiger partial charge in [-0.25, -0.2) is 24.4 Å². The molecule has 0 bridgehead atoms. The normalized spacial score (nSPS) is 13.1. The zero-order chi connectivity index (χ0) is 31.7. The van der Waals surface area contributed by atoms with E-state index in [0.29, 0.717) is 27.9 Å². The van der Waals surface area contributed by atoms with Gasteiger partial charge in [-0.3, -0.25) is 4.57 Å². The molecule has 0 fully saturated rings. The molecule has 10 nitrogen and oxygen atoms in total. The Labute approximate surface area is 259 Å². The van der Waals surface area contributed by atoms with Crippen LogP contribution in [0.1, 0.15) is 43.4 Å². The van der Waals surface area contributed by atoms with Crippen LogP contribution in [0.15, 0.2) is 91.4 Å². The van der Waals surface area contributed by atoms with Gasteiger partial charge in [-0.2, -0.15) is 0 Å². The number of alkyl carbamates (subject to hydrolysis) is 1. The predicted octanol–water partition coefficient (Wildman–Crippen LogP) is 6.42. The van der Waals surface area contributed by atoms with Crippen molar-refractivity contribution in [3.05, 3.63) is 108 Å². The Morgan fingerprint density at radius 2 is 1.51 bits per heavy atom. The van der Waals surface area contributed by atoms with Crippen molar-refractivity contribution in [1.29, 1.82) is 0 Å². The number of rotatable bonds is 7. The number of carbonyl (C=O) groups excluding carboxylic acids is 2. The van der Waals surface area contributed by atoms with Gasteiger partial charge in [0.05, 0.1) is 5.52 Å². The van der Waals surface area contributed by atoms with Crippen molar-refractivity contribution in [1.82, 2.24) is 19.9 Å². The molecule has 1 aliphatic carbocycles. The van der Waals surface area contributed by atoms with Crippen LogP contribution in [0.4, 0.5) is 9.59 Å². The van der Waals surface area contributed by atoms with Crippen LogP contribution < -0.4 is 5.32 Å². The maximum absolute atomic E-state index is 13.3. The maximum Gasteiger partial charge on any atom is 0.419 e. The Hall–Kier alpha value is -5.51. The molecule has 0 radical (unpaired) electrons. The first-order valence-corrected chi connectivity index (χ1v) is 14.6. The minimum absolute atomic E-state index is 0.0462. The summed E-state index contributed by atoms with van der Waals surface area (Å²) in [6.07, 6.45) is 3.13. The van der Waals surface area contributed by atoms with Crippen LogP contribution >= 0.6 is 0 Å². The Bertz CT molecular complexity index is 1870. The summed E-state index contributed by atoms with van der Waals surface area (Å²) < 4.78 is 12.6. The third kappa shape index (κ3) is 5.99. The number of para-hydroxylation sites is 1. The standard InChI is InChI=1S/C35H32N4O6/c1-35(2,3)45-34(43)39-19-21(22-14-8-15-27(30(22)39)31-36-16-9-17-37-31)18-29(32(40)41)38-33(42)44-20-28-25-12-6-4-10-23(25)24-11-5-7-13-26(24)28/h4-17,19,28-29H,18,20H2,1-3H3,(H,38,42)(H,40,41)/t29-/m1/s1. The summed E-state index contributed by atoms with van der Waals surface area (Å²) in [6.45, 7) is 5.33. The van der Waals surface area contributed by atoms with E-state index in [4.69, 9.17) is 9.47 Å². The summed E-state index contributed by atoms with van der Waals surface area (Å²) in [6, 6.07) is 21.6. The van der Waals surface area contributed by atoms with Crippen LogP contribution in [0.25, 0.3) is 33.4 Å². The van der Waals surface area contributed by atoms with Crippen LogP contribution in [0.2, 0.25) is 0 Å². The highest BCUT2D eigenvalue weighted by atomic mass is 16.6. The fraction of sp³-hybridized carbons (Fsp3) is 0.229. The predicted molar refractivity (Wildman–Crippen MR) is 168 cm³/mol. The number of nitrogens with zero attached hydrogens (tertiary/aromatic N) is 3. The van der Waals surface area contributed by atoms with Crippen LogP contribution in [-0.4, -0.2) is 56.0 Å². The fourth-order valence-electron chi connectivity index (χ4n) is 5.79. The Morgan fingerprint density at radius 3 is 2.13 bits per heavy atom. The fourth-order valence-corrected chi connectivity index (χ4v) is 5.79. The average Bonchev–Trinajstić information content (AvgIpc) is 3.55. The molecule has 3 aromatic carbocycles. The van der Waals surface area contributed by atoms with Gasteiger partial charge in [-0.05, 0) is 60.7 Å². The summed E-state index contributed by atoms with van der Waals surface area (Å²) in [5.74, 6) is -1.02. The van der Waals surface area contributed by atoms with Crippen LogP contribution in [0, 0.1) is 0 Å². The minimum atomic E-state index is -1.34. The number of carboxylic acids is 1.